The highest BCUT2D eigenvalue weighted by Crippen LogP contribution is 2.34. The number of benzene rings is 1. The fraction of sp³-hybridized carbons (Fsp3) is 0.333. The Labute approximate surface area is 125 Å². The Morgan fingerprint density at radius 1 is 1.05 bits per heavy atom. The molecule has 1 amide bonds. The van der Waals surface area contributed by atoms with Gasteiger partial charge in [0.25, 0.3) is 0 Å². The maximum Gasteiger partial charge on any atom is 0.228 e. The van der Waals surface area contributed by atoms with Crippen molar-refractivity contribution in [2.45, 2.75) is 38.0 Å². The van der Waals surface area contributed by atoms with Gasteiger partial charge in [-0.2, -0.15) is 0 Å². The molecule has 3 nitrogen and oxygen atoms in total. The van der Waals surface area contributed by atoms with E-state index >= 15 is 0 Å². The van der Waals surface area contributed by atoms with Crippen molar-refractivity contribution < 1.29 is 4.79 Å². The van der Waals surface area contributed by atoms with E-state index in [9.17, 15) is 4.79 Å². The Hall–Kier alpha value is -2.16. The van der Waals surface area contributed by atoms with Crippen LogP contribution in [-0.2, 0) is 11.2 Å². The van der Waals surface area contributed by atoms with Crippen molar-refractivity contribution in [3.8, 4) is 0 Å². The minimum Gasteiger partial charge on any atom is -0.326 e. The largest absolute Gasteiger partial charge is 0.326 e. The Morgan fingerprint density at radius 3 is 2.38 bits per heavy atom. The second-order valence-corrected chi connectivity index (χ2v) is 5.68. The molecular formula is C18H20N2O. The van der Waals surface area contributed by atoms with Crippen molar-refractivity contribution >= 4 is 11.6 Å². The number of nitrogens with zero attached hydrogens (tertiary/aromatic N) is 1. The summed E-state index contributed by atoms with van der Waals surface area (Å²) in [5.74, 6) is 0.724. The van der Waals surface area contributed by atoms with E-state index < -0.39 is 0 Å². The van der Waals surface area contributed by atoms with Crippen molar-refractivity contribution in [1.82, 2.24) is 4.98 Å². The molecule has 1 aliphatic rings. The van der Waals surface area contributed by atoms with E-state index in [-0.39, 0.29) is 5.91 Å². The minimum absolute atomic E-state index is 0.00909. The van der Waals surface area contributed by atoms with Gasteiger partial charge in [0.1, 0.15) is 0 Å². The normalized spacial score (nSPS) is 15.0. The van der Waals surface area contributed by atoms with E-state index in [2.05, 4.69) is 22.4 Å². The maximum atomic E-state index is 12.0. The van der Waals surface area contributed by atoms with Crippen LogP contribution in [-0.4, -0.2) is 10.9 Å². The third kappa shape index (κ3) is 3.69. The molecule has 0 unspecified atom stereocenters. The number of amides is 1. The van der Waals surface area contributed by atoms with Gasteiger partial charge in [-0.05, 0) is 54.2 Å². The fourth-order valence-corrected chi connectivity index (χ4v) is 2.99. The second-order valence-electron chi connectivity index (χ2n) is 5.68. The van der Waals surface area contributed by atoms with Crippen molar-refractivity contribution in [2.24, 2.45) is 0 Å². The van der Waals surface area contributed by atoms with E-state index in [0.29, 0.717) is 12.3 Å². The number of carbonyl (C=O) groups is 1. The van der Waals surface area contributed by atoms with Gasteiger partial charge in [-0.1, -0.05) is 25.0 Å². The standard InChI is InChI=1S/C18H20N2O/c21-18(13-14-9-11-19-12-10-14)20-17-7-5-16(6-8-17)15-3-1-2-4-15/h5-12,15H,1-4,13H2,(H,20,21). The van der Waals surface area contributed by atoms with Gasteiger partial charge in [0, 0.05) is 18.1 Å². The molecule has 0 radical (unpaired) electrons. The van der Waals surface area contributed by atoms with Gasteiger partial charge in [0.05, 0.1) is 6.42 Å². The summed E-state index contributed by atoms with van der Waals surface area (Å²) in [5.41, 5.74) is 3.25. The first-order valence-electron chi connectivity index (χ1n) is 7.60. The third-order valence-corrected chi connectivity index (χ3v) is 4.14. The van der Waals surface area contributed by atoms with E-state index in [1.807, 2.05) is 24.3 Å². The van der Waals surface area contributed by atoms with Crippen molar-refractivity contribution in [3.05, 3.63) is 59.9 Å². The molecule has 1 saturated carbocycles. The molecule has 0 saturated heterocycles. The Kier molecular flexibility index (Phi) is 4.29. The van der Waals surface area contributed by atoms with Crippen LogP contribution in [0.4, 0.5) is 5.69 Å². The van der Waals surface area contributed by atoms with Crippen LogP contribution in [0.3, 0.4) is 0 Å². The van der Waals surface area contributed by atoms with Gasteiger partial charge >= 0.3 is 0 Å². The molecule has 1 N–H and O–H groups in total. The third-order valence-electron chi connectivity index (χ3n) is 4.14. The quantitative estimate of drug-likeness (QED) is 0.922. The summed E-state index contributed by atoms with van der Waals surface area (Å²) in [6, 6.07) is 12.1. The van der Waals surface area contributed by atoms with Crippen LogP contribution >= 0.6 is 0 Å². The summed E-state index contributed by atoms with van der Waals surface area (Å²) in [6.45, 7) is 0. The number of hydrogen-bond donors (Lipinski definition) is 1. The molecule has 0 spiro atoms. The number of nitrogens with one attached hydrogen (secondary N) is 1. The molecule has 108 valence electrons. The number of pyridine rings is 1. The van der Waals surface area contributed by atoms with Gasteiger partial charge < -0.3 is 5.32 Å². The van der Waals surface area contributed by atoms with Crippen LogP contribution in [0.2, 0.25) is 0 Å². The van der Waals surface area contributed by atoms with Gasteiger partial charge in [-0.3, -0.25) is 9.78 Å². The highest BCUT2D eigenvalue weighted by atomic mass is 16.1. The van der Waals surface area contributed by atoms with E-state index in [1.54, 1.807) is 12.4 Å². The van der Waals surface area contributed by atoms with Crippen molar-refractivity contribution in [1.29, 1.82) is 0 Å². The monoisotopic (exact) mass is 280 g/mol. The Bertz CT molecular complexity index is 586. The van der Waals surface area contributed by atoms with Crippen molar-refractivity contribution in [3.63, 3.8) is 0 Å². The zero-order valence-electron chi connectivity index (χ0n) is 12.1. The number of anilines is 1. The summed E-state index contributed by atoms with van der Waals surface area (Å²) in [4.78, 5) is 15.9. The zero-order chi connectivity index (χ0) is 14.5. The summed E-state index contributed by atoms with van der Waals surface area (Å²) in [6.07, 6.45) is 9.08. The topological polar surface area (TPSA) is 42.0 Å². The van der Waals surface area contributed by atoms with Crippen LogP contribution in [0.15, 0.2) is 48.8 Å². The van der Waals surface area contributed by atoms with Crippen LogP contribution in [0, 0.1) is 0 Å². The van der Waals surface area contributed by atoms with Crippen molar-refractivity contribution in [2.75, 3.05) is 5.32 Å². The first-order chi connectivity index (χ1) is 10.3. The molecular weight excluding hydrogens is 260 g/mol. The predicted molar refractivity (Wildman–Crippen MR) is 84.2 cm³/mol. The lowest BCUT2D eigenvalue weighted by Crippen LogP contribution is -2.14. The first kappa shape index (κ1) is 13.8. The van der Waals surface area contributed by atoms with Gasteiger partial charge in [-0.25, -0.2) is 0 Å². The molecule has 3 heteroatoms. The molecule has 1 aromatic carbocycles. The average Bonchev–Trinajstić information content (AvgIpc) is 3.03. The van der Waals surface area contributed by atoms with Crippen LogP contribution in [0.25, 0.3) is 0 Å². The fourth-order valence-electron chi connectivity index (χ4n) is 2.99. The summed E-state index contributed by atoms with van der Waals surface area (Å²) in [7, 11) is 0. The second kappa shape index (κ2) is 6.53. The number of carbonyl (C=O) groups excluding carboxylic acids is 1. The highest BCUT2D eigenvalue weighted by Gasteiger charge is 2.16. The summed E-state index contributed by atoms with van der Waals surface area (Å²) in [5, 5.41) is 2.95. The molecule has 21 heavy (non-hydrogen) atoms. The molecule has 1 aliphatic carbocycles. The van der Waals surface area contributed by atoms with Gasteiger partial charge in [0.2, 0.25) is 5.91 Å². The maximum absolute atomic E-state index is 12.0. The van der Waals surface area contributed by atoms with Crippen LogP contribution in [0.1, 0.15) is 42.7 Å². The Balaban J connectivity index is 1.58. The molecule has 2 aromatic rings. The minimum atomic E-state index is 0.00909. The average molecular weight is 280 g/mol. The lowest BCUT2D eigenvalue weighted by Gasteiger charge is -2.11. The Morgan fingerprint density at radius 2 is 1.71 bits per heavy atom. The SMILES string of the molecule is O=C(Cc1ccncc1)Nc1ccc(C2CCCC2)cc1. The zero-order valence-corrected chi connectivity index (χ0v) is 12.1. The van der Waals surface area contributed by atoms with E-state index in [1.165, 1.54) is 31.2 Å². The van der Waals surface area contributed by atoms with Gasteiger partial charge in [-0.15, -0.1) is 0 Å². The molecule has 0 aliphatic heterocycles. The summed E-state index contributed by atoms with van der Waals surface area (Å²) < 4.78 is 0. The molecule has 3 rings (SSSR count). The smallest absolute Gasteiger partial charge is 0.228 e. The molecule has 0 bridgehead atoms. The lowest BCUT2D eigenvalue weighted by molar-refractivity contribution is -0.115. The molecule has 1 fully saturated rings. The lowest BCUT2D eigenvalue weighted by atomic mass is 9.97. The van der Waals surface area contributed by atoms with E-state index in [4.69, 9.17) is 0 Å². The van der Waals surface area contributed by atoms with Gasteiger partial charge in [0.15, 0.2) is 0 Å². The first-order valence-corrected chi connectivity index (χ1v) is 7.60. The number of hydrogen-bond acceptors (Lipinski definition) is 2. The molecule has 1 aromatic heterocycles. The number of rotatable bonds is 4. The van der Waals surface area contributed by atoms with Crippen LogP contribution in [0.5, 0.6) is 0 Å². The molecule has 0 atom stereocenters. The molecule has 1 heterocycles. The van der Waals surface area contributed by atoms with Crippen LogP contribution < -0.4 is 5.32 Å². The van der Waals surface area contributed by atoms with E-state index in [0.717, 1.165) is 11.3 Å². The highest BCUT2D eigenvalue weighted by molar-refractivity contribution is 5.92. The predicted octanol–water partition coefficient (Wildman–Crippen LogP) is 3.92. The summed E-state index contributed by atoms with van der Waals surface area (Å²) >= 11 is 0. The number of aromatic nitrogens is 1.